The highest BCUT2D eigenvalue weighted by molar-refractivity contribution is 7.99. The van der Waals surface area contributed by atoms with Gasteiger partial charge in [0.2, 0.25) is 0 Å². The van der Waals surface area contributed by atoms with E-state index in [-0.39, 0.29) is 0 Å². The molecule has 1 unspecified atom stereocenters. The van der Waals surface area contributed by atoms with Crippen LogP contribution in [0.4, 0.5) is 0 Å². The molecule has 0 bridgehead atoms. The first-order valence-corrected chi connectivity index (χ1v) is 9.00. The van der Waals surface area contributed by atoms with E-state index in [1.165, 1.54) is 41.3 Å². The molecule has 3 nitrogen and oxygen atoms in total. The highest BCUT2D eigenvalue weighted by Gasteiger charge is 2.16. The first kappa shape index (κ1) is 15.5. The second-order valence-electron chi connectivity index (χ2n) is 5.62. The molecule has 0 aliphatic carbocycles. The van der Waals surface area contributed by atoms with Gasteiger partial charge in [0.1, 0.15) is 0 Å². The van der Waals surface area contributed by atoms with Gasteiger partial charge in [-0.15, -0.1) is 0 Å². The van der Waals surface area contributed by atoms with E-state index in [4.69, 9.17) is 0 Å². The summed E-state index contributed by atoms with van der Waals surface area (Å²) in [6, 6.07) is 13.3. The predicted octanol–water partition coefficient (Wildman–Crippen LogP) is 3.06. The predicted molar refractivity (Wildman–Crippen MR) is 95.2 cm³/mol. The van der Waals surface area contributed by atoms with Gasteiger partial charge in [0, 0.05) is 49.6 Å². The largest absolute Gasteiger partial charge is 0.312 e. The van der Waals surface area contributed by atoms with E-state index in [2.05, 4.69) is 64.3 Å². The number of rotatable bonds is 5. The molecule has 0 saturated carbocycles. The van der Waals surface area contributed by atoms with Crippen molar-refractivity contribution in [1.29, 1.82) is 0 Å². The van der Waals surface area contributed by atoms with E-state index in [0.29, 0.717) is 6.04 Å². The molecular weight excluding hydrogens is 290 g/mol. The molecule has 1 N–H and O–H groups in total. The Morgan fingerprint density at radius 2 is 1.91 bits per heavy atom. The molecule has 2 aromatic rings. The third kappa shape index (κ3) is 3.88. The molecule has 1 saturated heterocycles. The Balaban J connectivity index is 1.70. The summed E-state index contributed by atoms with van der Waals surface area (Å²) in [6.45, 7) is 3.50. The minimum atomic E-state index is 0.394. The Morgan fingerprint density at radius 3 is 2.55 bits per heavy atom. The highest BCUT2D eigenvalue weighted by Crippen LogP contribution is 2.22. The molecule has 1 aliphatic heterocycles. The number of hydrogen-bond donors (Lipinski definition) is 1. The molecule has 2 heterocycles. The van der Waals surface area contributed by atoms with Gasteiger partial charge in [0.05, 0.1) is 0 Å². The third-order valence-electron chi connectivity index (χ3n) is 4.20. The number of pyridine rings is 1. The van der Waals surface area contributed by atoms with Crippen LogP contribution < -0.4 is 5.32 Å². The van der Waals surface area contributed by atoms with Gasteiger partial charge in [-0.1, -0.05) is 30.3 Å². The van der Waals surface area contributed by atoms with Gasteiger partial charge in [-0.05, 0) is 29.8 Å². The molecule has 116 valence electrons. The average Bonchev–Trinajstić information content (AvgIpc) is 2.61. The van der Waals surface area contributed by atoms with Crippen LogP contribution in [0.3, 0.4) is 0 Å². The summed E-state index contributed by atoms with van der Waals surface area (Å²) in [4.78, 5) is 6.75. The number of likely N-dealkylation sites (N-methyl/N-ethyl adjacent to an activating group) is 1. The topological polar surface area (TPSA) is 28.2 Å². The van der Waals surface area contributed by atoms with Crippen LogP contribution in [-0.2, 0) is 0 Å². The fraction of sp³-hybridized carbons (Fsp3) is 0.389. The van der Waals surface area contributed by atoms with Crippen molar-refractivity contribution in [2.24, 2.45) is 0 Å². The maximum absolute atomic E-state index is 4.19. The Hall–Kier alpha value is -1.36. The third-order valence-corrected chi connectivity index (χ3v) is 5.14. The molecule has 22 heavy (non-hydrogen) atoms. The van der Waals surface area contributed by atoms with Gasteiger partial charge in [0.25, 0.3) is 0 Å². The number of hydrogen-bond acceptors (Lipinski definition) is 4. The quantitative estimate of drug-likeness (QED) is 0.918. The van der Waals surface area contributed by atoms with Crippen molar-refractivity contribution in [2.75, 3.05) is 38.2 Å². The summed E-state index contributed by atoms with van der Waals surface area (Å²) in [7, 11) is 2.05. The van der Waals surface area contributed by atoms with Crippen molar-refractivity contribution in [1.82, 2.24) is 15.2 Å². The van der Waals surface area contributed by atoms with Crippen LogP contribution in [0.1, 0.15) is 11.6 Å². The van der Waals surface area contributed by atoms with Crippen LogP contribution in [0.25, 0.3) is 11.1 Å². The highest BCUT2D eigenvalue weighted by atomic mass is 32.2. The molecule has 0 spiro atoms. The summed E-state index contributed by atoms with van der Waals surface area (Å²) >= 11 is 2.06. The molecule has 1 fully saturated rings. The van der Waals surface area contributed by atoms with Crippen LogP contribution in [0.2, 0.25) is 0 Å². The number of benzene rings is 1. The lowest BCUT2D eigenvalue weighted by atomic mass is 10.0. The summed E-state index contributed by atoms with van der Waals surface area (Å²) in [6.07, 6.45) is 3.72. The second-order valence-corrected chi connectivity index (χ2v) is 6.84. The summed E-state index contributed by atoms with van der Waals surface area (Å²) in [5.41, 5.74) is 3.75. The van der Waals surface area contributed by atoms with E-state index in [0.717, 1.165) is 6.54 Å². The number of nitrogens with one attached hydrogen (secondary N) is 1. The van der Waals surface area contributed by atoms with Gasteiger partial charge in [-0.25, -0.2) is 0 Å². The summed E-state index contributed by atoms with van der Waals surface area (Å²) in [5.74, 6) is 2.52. The minimum Gasteiger partial charge on any atom is -0.312 e. The van der Waals surface area contributed by atoms with Crippen LogP contribution in [0.5, 0.6) is 0 Å². The molecule has 0 amide bonds. The van der Waals surface area contributed by atoms with Gasteiger partial charge in [-0.3, -0.25) is 9.88 Å². The van der Waals surface area contributed by atoms with Crippen LogP contribution in [0.15, 0.2) is 48.8 Å². The Kier molecular flexibility index (Phi) is 5.48. The molecule has 1 aromatic carbocycles. The van der Waals surface area contributed by atoms with Gasteiger partial charge < -0.3 is 5.32 Å². The maximum Gasteiger partial charge on any atom is 0.0446 e. The lowest BCUT2D eigenvalue weighted by molar-refractivity contribution is 0.270. The zero-order chi connectivity index (χ0) is 15.2. The standard InChI is InChI=1S/C18H23N3S/c1-19-18(14-21-9-11-22-12-10-21)16-6-4-15(5-7-16)17-3-2-8-20-13-17/h2-8,13,18-19H,9-12,14H2,1H3. The van der Waals surface area contributed by atoms with E-state index >= 15 is 0 Å². The number of thioether (sulfide) groups is 1. The van der Waals surface area contributed by atoms with E-state index < -0.39 is 0 Å². The van der Waals surface area contributed by atoms with E-state index in [9.17, 15) is 0 Å². The SMILES string of the molecule is CNC(CN1CCSCC1)c1ccc(-c2cccnc2)cc1. The molecule has 1 aromatic heterocycles. The van der Waals surface area contributed by atoms with Crippen molar-refractivity contribution < 1.29 is 0 Å². The van der Waals surface area contributed by atoms with Crippen LogP contribution in [-0.4, -0.2) is 48.1 Å². The lowest BCUT2D eigenvalue weighted by Gasteiger charge is -2.30. The van der Waals surface area contributed by atoms with E-state index in [1.807, 2.05) is 18.5 Å². The summed E-state index contributed by atoms with van der Waals surface area (Å²) in [5, 5.41) is 3.46. The Morgan fingerprint density at radius 1 is 1.14 bits per heavy atom. The first-order valence-electron chi connectivity index (χ1n) is 7.84. The Bertz CT molecular complexity index is 565. The zero-order valence-corrected chi connectivity index (χ0v) is 13.9. The fourth-order valence-corrected chi connectivity index (χ4v) is 3.83. The average molecular weight is 313 g/mol. The normalized spacial score (nSPS) is 17.3. The lowest BCUT2D eigenvalue weighted by Crippen LogP contribution is -2.38. The van der Waals surface area contributed by atoms with E-state index in [1.54, 1.807) is 0 Å². The van der Waals surface area contributed by atoms with Crippen molar-refractivity contribution in [3.63, 3.8) is 0 Å². The fourth-order valence-electron chi connectivity index (χ4n) is 2.85. The van der Waals surface area contributed by atoms with Gasteiger partial charge in [-0.2, -0.15) is 11.8 Å². The van der Waals surface area contributed by atoms with Gasteiger partial charge >= 0.3 is 0 Å². The Labute approximate surface area is 137 Å². The maximum atomic E-state index is 4.19. The van der Waals surface area contributed by atoms with Crippen molar-refractivity contribution in [3.05, 3.63) is 54.4 Å². The van der Waals surface area contributed by atoms with Crippen molar-refractivity contribution >= 4 is 11.8 Å². The molecular formula is C18H23N3S. The molecule has 4 heteroatoms. The summed E-state index contributed by atoms with van der Waals surface area (Å²) < 4.78 is 0. The zero-order valence-electron chi connectivity index (χ0n) is 13.0. The smallest absolute Gasteiger partial charge is 0.0446 e. The first-order chi connectivity index (χ1) is 10.9. The van der Waals surface area contributed by atoms with Crippen molar-refractivity contribution in [3.8, 4) is 11.1 Å². The monoisotopic (exact) mass is 313 g/mol. The van der Waals surface area contributed by atoms with Crippen molar-refractivity contribution in [2.45, 2.75) is 6.04 Å². The number of aromatic nitrogens is 1. The number of nitrogens with zero attached hydrogens (tertiary/aromatic N) is 2. The molecule has 1 aliphatic rings. The second kappa shape index (κ2) is 7.77. The van der Waals surface area contributed by atoms with Gasteiger partial charge in [0.15, 0.2) is 0 Å². The molecule has 1 atom stereocenters. The molecule has 0 radical (unpaired) electrons. The molecule has 3 rings (SSSR count). The van der Waals surface area contributed by atoms with Crippen LogP contribution in [0, 0.1) is 0 Å². The minimum absolute atomic E-state index is 0.394. The van der Waals surface area contributed by atoms with Crippen LogP contribution >= 0.6 is 11.8 Å².